The number of nitrogens with one attached hydrogen (secondary N) is 1. The zero-order chi connectivity index (χ0) is 15.3. The Morgan fingerprint density at radius 1 is 1.45 bits per heavy atom. The van der Waals surface area contributed by atoms with Gasteiger partial charge in [0.1, 0.15) is 5.82 Å². The first-order chi connectivity index (χ1) is 9.36. The summed E-state index contributed by atoms with van der Waals surface area (Å²) in [6.07, 6.45) is 1.35. The minimum atomic E-state index is -0.857. The Morgan fingerprint density at radius 3 is 2.60 bits per heavy atom. The number of rotatable bonds is 7. The molecule has 0 radical (unpaired) electrons. The maximum Gasteiger partial charge on any atom is 0.308 e. The summed E-state index contributed by atoms with van der Waals surface area (Å²) in [6.45, 7) is 5.74. The van der Waals surface area contributed by atoms with Gasteiger partial charge in [0.05, 0.1) is 11.5 Å². The summed E-state index contributed by atoms with van der Waals surface area (Å²) in [5.41, 5.74) is 7.15. The van der Waals surface area contributed by atoms with Crippen molar-refractivity contribution in [2.75, 3.05) is 11.9 Å². The van der Waals surface area contributed by atoms with Gasteiger partial charge in [-0.1, -0.05) is 13.3 Å². The fourth-order valence-electron chi connectivity index (χ4n) is 2.16. The third-order valence-electron chi connectivity index (χ3n) is 3.09. The number of carbonyl (C=O) groups excluding carboxylic acids is 1. The maximum absolute atomic E-state index is 11.5. The molecule has 1 aromatic rings. The molecule has 6 heteroatoms. The quantitative estimate of drug-likeness (QED) is 0.704. The number of primary amides is 1. The summed E-state index contributed by atoms with van der Waals surface area (Å²) in [5.74, 6) is -1.58. The fraction of sp³-hybridized carbons (Fsp3) is 0.500. The standard InChI is InChI=1S/C14H21N3O3/c1-4-5-10(14(19)20)7-16-13-11(12(15)18)8(2)6-9(3)17-13/h6,10H,4-5,7H2,1-3H3,(H2,15,18)(H,16,17)(H,19,20). The van der Waals surface area contributed by atoms with Crippen LogP contribution in [0.25, 0.3) is 0 Å². The van der Waals surface area contributed by atoms with Gasteiger partial charge in [-0.05, 0) is 31.9 Å². The number of aryl methyl sites for hydroxylation is 2. The number of nitrogens with zero attached hydrogens (tertiary/aromatic N) is 1. The Bertz CT molecular complexity index is 515. The molecule has 110 valence electrons. The highest BCUT2D eigenvalue weighted by molar-refractivity contribution is 5.99. The second-order valence-corrected chi connectivity index (χ2v) is 4.87. The largest absolute Gasteiger partial charge is 0.481 e. The van der Waals surface area contributed by atoms with Crippen molar-refractivity contribution in [2.24, 2.45) is 11.7 Å². The molecule has 1 atom stereocenters. The van der Waals surface area contributed by atoms with Crippen LogP contribution in [-0.2, 0) is 4.79 Å². The lowest BCUT2D eigenvalue weighted by atomic mass is 10.0. The van der Waals surface area contributed by atoms with Crippen molar-refractivity contribution < 1.29 is 14.7 Å². The van der Waals surface area contributed by atoms with Gasteiger partial charge < -0.3 is 16.2 Å². The van der Waals surface area contributed by atoms with E-state index in [1.807, 2.05) is 13.8 Å². The summed E-state index contributed by atoms with van der Waals surface area (Å²) >= 11 is 0. The smallest absolute Gasteiger partial charge is 0.308 e. The summed E-state index contributed by atoms with van der Waals surface area (Å²) in [7, 11) is 0. The molecule has 1 amide bonds. The molecule has 0 fully saturated rings. The molecular weight excluding hydrogens is 258 g/mol. The first-order valence-electron chi connectivity index (χ1n) is 6.61. The van der Waals surface area contributed by atoms with Crippen LogP contribution in [0.3, 0.4) is 0 Å². The van der Waals surface area contributed by atoms with E-state index in [0.717, 1.165) is 17.7 Å². The Balaban J connectivity index is 2.96. The number of aliphatic carboxylic acids is 1. The molecule has 1 heterocycles. The van der Waals surface area contributed by atoms with Crippen molar-refractivity contribution in [1.82, 2.24) is 4.98 Å². The van der Waals surface area contributed by atoms with E-state index in [2.05, 4.69) is 10.3 Å². The molecule has 4 N–H and O–H groups in total. The van der Waals surface area contributed by atoms with E-state index in [0.29, 0.717) is 17.8 Å². The predicted molar refractivity (Wildman–Crippen MR) is 76.8 cm³/mol. The van der Waals surface area contributed by atoms with Crippen LogP contribution in [0.5, 0.6) is 0 Å². The second kappa shape index (κ2) is 6.88. The molecule has 0 spiro atoms. The third-order valence-corrected chi connectivity index (χ3v) is 3.09. The molecule has 1 rings (SSSR count). The highest BCUT2D eigenvalue weighted by Gasteiger charge is 2.19. The van der Waals surface area contributed by atoms with E-state index in [9.17, 15) is 9.59 Å². The van der Waals surface area contributed by atoms with Crippen LogP contribution >= 0.6 is 0 Å². The summed E-state index contributed by atoms with van der Waals surface area (Å²) in [6, 6.07) is 1.77. The van der Waals surface area contributed by atoms with Crippen molar-refractivity contribution in [3.05, 3.63) is 22.9 Å². The average molecular weight is 279 g/mol. The third kappa shape index (κ3) is 3.94. The number of carboxylic acid groups (broad SMARTS) is 1. The SMILES string of the molecule is CCCC(CNc1nc(C)cc(C)c1C(N)=O)C(=O)O. The molecule has 1 aromatic heterocycles. The number of anilines is 1. The second-order valence-electron chi connectivity index (χ2n) is 4.87. The van der Waals surface area contributed by atoms with Gasteiger partial charge in [-0.25, -0.2) is 4.98 Å². The maximum atomic E-state index is 11.5. The highest BCUT2D eigenvalue weighted by Crippen LogP contribution is 2.19. The van der Waals surface area contributed by atoms with Gasteiger partial charge in [-0.3, -0.25) is 9.59 Å². The van der Waals surface area contributed by atoms with E-state index in [4.69, 9.17) is 10.8 Å². The van der Waals surface area contributed by atoms with Gasteiger partial charge in [0.15, 0.2) is 0 Å². The van der Waals surface area contributed by atoms with E-state index in [1.165, 1.54) is 0 Å². The number of pyridine rings is 1. The molecule has 20 heavy (non-hydrogen) atoms. The Hall–Kier alpha value is -2.11. The molecule has 6 nitrogen and oxygen atoms in total. The molecule has 0 aromatic carbocycles. The van der Waals surface area contributed by atoms with Crippen LogP contribution in [0, 0.1) is 19.8 Å². The van der Waals surface area contributed by atoms with Gasteiger partial charge in [0.2, 0.25) is 0 Å². The Labute approximate surface area is 118 Å². The summed E-state index contributed by atoms with van der Waals surface area (Å²) in [4.78, 5) is 26.8. The molecule has 1 unspecified atom stereocenters. The normalized spacial score (nSPS) is 11.9. The van der Waals surface area contributed by atoms with Crippen LogP contribution < -0.4 is 11.1 Å². The first-order valence-corrected chi connectivity index (χ1v) is 6.61. The fourth-order valence-corrected chi connectivity index (χ4v) is 2.16. The van der Waals surface area contributed by atoms with E-state index < -0.39 is 17.8 Å². The average Bonchev–Trinajstić information content (AvgIpc) is 2.32. The van der Waals surface area contributed by atoms with Crippen molar-refractivity contribution in [3.8, 4) is 0 Å². The minimum Gasteiger partial charge on any atom is -0.481 e. The summed E-state index contributed by atoms with van der Waals surface area (Å²) in [5, 5.41) is 12.1. The van der Waals surface area contributed by atoms with Crippen molar-refractivity contribution >= 4 is 17.7 Å². The lowest BCUT2D eigenvalue weighted by molar-refractivity contribution is -0.141. The van der Waals surface area contributed by atoms with Crippen LogP contribution in [0.1, 0.15) is 41.4 Å². The Morgan fingerprint density at radius 2 is 2.10 bits per heavy atom. The van der Waals surface area contributed by atoms with Crippen molar-refractivity contribution in [2.45, 2.75) is 33.6 Å². The van der Waals surface area contributed by atoms with Crippen LogP contribution in [-0.4, -0.2) is 28.5 Å². The number of hydrogen-bond donors (Lipinski definition) is 3. The number of carbonyl (C=O) groups is 2. The van der Waals surface area contributed by atoms with Crippen LogP contribution in [0.15, 0.2) is 6.07 Å². The predicted octanol–water partition coefficient (Wildman–Crippen LogP) is 1.71. The number of amides is 1. The lowest BCUT2D eigenvalue weighted by Crippen LogP contribution is -2.25. The lowest BCUT2D eigenvalue weighted by Gasteiger charge is -2.16. The van der Waals surface area contributed by atoms with Gasteiger partial charge in [0, 0.05) is 12.2 Å². The van der Waals surface area contributed by atoms with Crippen LogP contribution in [0.2, 0.25) is 0 Å². The van der Waals surface area contributed by atoms with E-state index in [1.54, 1.807) is 13.0 Å². The number of hydrogen-bond acceptors (Lipinski definition) is 4. The molecule has 0 aliphatic carbocycles. The van der Waals surface area contributed by atoms with Crippen LogP contribution in [0.4, 0.5) is 5.82 Å². The molecular formula is C14H21N3O3. The Kier molecular flexibility index (Phi) is 5.49. The van der Waals surface area contributed by atoms with Gasteiger partial charge >= 0.3 is 5.97 Å². The molecule has 0 bridgehead atoms. The highest BCUT2D eigenvalue weighted by atomic mass is 16.4. The van der Waals surface area contributed by atoms with E-state index >= 15 is 0 Å². The van der Waals surface area contributed by atoms with Crippen molar-refractivity contribution in [1.29, 1.82) is 0 Å². The zero-order valence-electron chi connectivity index (χ0n) is 12.1. The zero-order valence-corrected chi connectivity index (χ0v) is 12.1. The molecule has 0 saturated heterocycles. The van der Waals surface area contributed by atoms with E-state index in [-0.39, 0.29) is 6.54 Å². The monoisotopic (exact) mass is 279 g/mol. The van der Waals surface area contributed by atoms with Crippen molar-refractivity contribution in [3.63, 3.8) is 0 Å². The number of nitrogens with two attached hydrogens (primary N) is 1. The summed E-state index contributed by atoms with van der Waals surface area (Å²) < 4.78 is 0. The number of carboxylic acids is 1. The van der Waals surface area contributed by atoms with Gasteiger partial charge in [-0.2, -0.15) is 0 Å². The topological polar surface area (TPSA) is 105 Å². The van der Waals surface area contributed by atoms with Gasteiger partial charge in [0.25, 0.3) is 5.91 Å². The number of aromatic nitrogens is 1. The first kappa shape index (κ1) is 15.9. The van der Waals surface area contributed by atoms with Gasteiger partial charge in [-0.15, -0.1) is 0 Å². The minimum absolute atomic E-state index is 0.222. The molecule has 0 saturated carbocycles. The molecule has 0 aliphatic heterocycles. The molecule has 0 aliphatic rings.